The van der Waals surface area contributed by atoms with E-state index in [0.717, 1.165) is 37.7 Å². The molecular weight excluding hydrogens is 809 g/mol. The molecule has 0 aliphatic carbocycles. The monoisotopic (exact) mass is 895 g/mol. The largest absolute Gasteiger partial charge is 0.461 e. The molecule has 3 N–H and O–H groups in total. The second-order valence-corrected chi connectivity index (χ2v) is 18.1. The highest BCUT2D eigenvalue weighted by Gasteiger charge is 2.27. The second kappa shape index (κ2) is 37.1. The maximum Gasteiger partial charge on any atom is 0.329 e. The number of rotatable bonds is 40. The zero-order chi connectivity index (χ0) is 46.4. The summed E-state index contributed by atoms with van der Waals surface area (Å²) in [5, 5.41) is 16.0. The van der Waals surface area contributed by atoms with E-state index in [9.17, 15) is 24.3 Å². The first kappa shape index (κ1) is 57.9. The maximum absolute atomic E-state index is 12.8. The Morgan fingerprint density at radius 2 is 1.02 bits per heavy atom. The van der Waals surface area contributed by atoms with E-state index in [4.69, 9.17) is 33.2 Å². The Morgan fingerprint density at radius 1 is 0.540 bits per heavy atom. The third kappa shape index (κ3) is 39.0. The first-order chi connectivity index (χ1) is 30.1. The number of esters is 3. The zero-order valence-corrected chi connectivity index (χ0v) is 40.0. The molecule has 0 saturated carbocycles. The molecule has 2 atom stereocenters. The number of carbonyl (C=O) groups excluding carboxylic acids is 4. The third-order valence-corrected chi connectivity index (χ3v) is 9.65. The van der Waals surface area contributed by atoms with Crippen LogP contribution in [-0.4, -0.2) is 112 Å². The van der Waals surface area contributed by atoms with Gasteiger partial charge in [0.25, 0.3) is 0 Å². The number of benzene rings is 1. The molecule has 14 heteroatoms. The van der Waals surface area contributed by atoms with Crippen molar-refractivity contribution in [3.05, 3.63) is 35.9 Å². The van der Waals surface area contributed by atoms with Gasteiger partial charge in [-0.3, -0.25) is 19.7 Å². The summed E-state index contributed by atoms with van der Waals surface area (Å²) in [5.74, 6) is -1.56. The predicted octanol–water partition coefficient (Wildman–Crippen LogP) is 8.28. The van der Waals surface area contributed by atoms with Crippen molar-refractivity contribution < 1.29 is 57.4 Å². The predicted molar refractivity (Wildman–Crippen MR) is 245 cm³/mol. The van der Waals surface area contributed by atoms with Gasteiger partial charge in [-0.15, -0.1) is 0 Å². The lowest BCUT2D eigenvalue weighted by Crippen LogP contribution is -2.44. The SMILES string of the molecule is CC(C)(C)OC(=O)CCCCCCCCCCCCCCCCC(O)NCCOCCOCCOCCOCCC(=O)NC(CCC(=O)OCc1ccccc1)C(=O)OC(C)(C)C. The van der Waals surface area contributed by atoms with Crippen molar-refractivity contribution >= 4 is 23.8 Å². The van der Waals surface area contributed by atoms with Crippen molar-refractivity contribution in [3.8, 4) is 0 Å². The minimum Gasteiger partial charge on any atom is -0.461 e. The van der Waals surface area contributed by atoms with E-state index in [1.807, 2.05) is 51.1 Å². The lowest BCUT2D eigenvalue weighted by Gasteiger charge is -2.24. The Balaban J connectivity index is 1.90. The molecule has 63 heavy (non-hydrogen) atoms. The summed E-state index contributed by atoms with van der Waals surface area (Å²) in [6.07, 6.45) is 17.8. The van der Waals surface area contributed by atoms with Crippen LogP contribution < -0.4 is 10.6 Å². The third-order valence-electron chi connectivity index (χ3n) is 9.65. The molecule has 364 valence electrons. The van der Waals surface area contributed by atoms with Gasteiger partial charge < -0.3 is 43.6 Å². The van der Waals surface area contributed by atoms with Crippen LogP contribution in [-0.2, 0) is 58.9 Å². The van der Waals surface area contributed by atoms with Crippen LogP contribution in [0.4, 0.5) is 0 Å². The van der Waals surface area contributed by atoms with Crippen molar-refractivity contribution in [2.24, 2.45) is 0 Å². The van der Waals surface area contributed by atoms with E-state index >= 15 is 0 Å². The van der Waals surface area contributed by atoms with Crippen LogP contribution in [0.1, 0.15) is 169 Å². The van der Waals surface area contributed by atoms with E-state index in [1.165, 1.54) is 64.2 Å². The molecule has 0 fully saturated rings. The fraction of sp³-hybridized carbons (Fsp3) is 0.796. The Labute approximate surface area is 379 Å². The molecule has 0 aliphatic heterocycles. The first-order valence-corrected chi connectivity index (χ1v) is 23.8. The van der Waals surface area contributed by atoms with Crippen LogP contribution in [0.15, 0.2) is 30.3 Å². The number of unbranched alkanes of at least 4 members (excludes halogenated alkanes) is 13. The van der Waals surface area contributed by atoms with Gasteiger partial charge in [-0.05, 0) is 72.8 Å². The molecule has 1 rings (SSSR count). The Hall–Kier alpha value is -3.14. The number of ether oxygens (including phenoxy) is 7. The van der Waals surface area contributed by atoms with Crippen LogP contribution in [0.25, 0.3) is 0 Å². The van der Waals surface area contributed by atoms with Gasteiger partial charge >= 0.3 is 17.9 Å². The highest BCUT2D eigenvalue weighted by Crippen LogP contribution is 2.16. The minimum atomic E-state index is -0.995. The van der Waals surface area contributed by atoms with Crippen molar-refractivity contribution in [3.63, 3.8) is 0 Å². The number of nitrogens with one attached hydrogen (secondary N) is 2. The van der Waals surface area contributed by atoms with Gasteiger partial charge in [-0.1, -0.05) is 107 Å². The van der Waals surface area contributed by atoms with Gasteiger partial charge in [0, 0.05) is 25.8 Å². The van der Waals surface area contributed by atoms with Crippen LogP contribution in [0.2, 0.25) is 0 Å². The minimum absolute atomic E-state index is 0.0295. The lowest BCUT2D eigenvalue weighted by atomic mass is 10.0. The Bertz CT molecular complexity index is 1300. The molecule has 2 unspecified atom stereocenters. The molecular formula is C49H86N2O12. The fourth-order valence-electron chi connectivity index (χ4n) is 6.41. The average molecular weight is 895 g/mol. The van der Waals surface area contributed by atoms with Crippen LogP contribution in [0, 0.1) is 0 Å². The van der Waals surface area contributed by atoms with Crippen molar-refractivity contribution in [2.75, 3.05) is 59.4 Å². The molecule has 0 heterocycles. The number of hydrogen-bond acceptors (Lipinski definition) is 13. The zero-order valence-electron chi connectivity index (χ0n) is 40.0. The van der Waals surface area contributed by atoms with Gasteiger partial charge in [0.2, 0.25) is 5.91 Å². The maximum atomic E-state index is 12.8. The molecule has 1 aromatic carbocycles. The molecule has 0 aromatic heterocycles. The van der Waals surface area contributed by atoms with E-state index in [2.05, 4.69) is 10.6 Å². The molecule has 0 saturated heterocycles. The summed E-state index contributed by atoms with van der Waals surface area (Å²) in [6, 6.07) is 8.30. The summed E-state index contributed by atoms with van der Waals surface area (Å²) in [4.78, 5) is 49.4. The molecule has 1 amide bonds. The van der Waals surface area contributed by atoms with Crippen LogP contribution >= 0.6 is 0 Å². The Kier molecular flexibility index (Phi) is 34.1. The van der Waals surface area contributed by atoms with Gasteiger partial charge in [-0.2, -0.15) is 0 Å². The summed E-state index contributed by atoms with van der Waals surface area (Å²) in [5.41, 5.74) is -0.283. The van der Waals surface area contributed by atoms with Crippen LogP contribution in [0.5, 0.6) is 0 Å². The normalized spacial score (nSPS) is 12.7. The van der Waals surface area contributed by atoms with Gasteiger partial charge in [0.1, 0.15) is 30.1 Å². The molecule has 0 spiro atoms. The first-order valence-electron chi connectivity index (χ1n) is 23.8. The van der Waals surface area contributed by atoms with Crippen molar-refractivity contribution in [2.45, 2.75) is 194 Å². The molecule has 0 aliphatic rings. The number of amides is 1. The highest BCUT2D eigenvalue weighted by atomic mass is 16.6. The van der Waals surface area contributed by atoms with Crippen molar-refractivity contribution in [1.29, 1.82) is 0 Å². The highest BCUT2D eigenvalue weighted by molar-refractivity contribution is 5.85. The van der Waals surface area contributed by atoms with Gasteiger partial charge in [0.05, 0.1) is 52.9 Å². The van der Waals surface area contributed by atoms with E-state index in [0.29, 0.717) is 59.2 Å². The Morgan fingerprint density at radius 3 is 1.54 bits per heavy atom. The average Bonchev–Trinajstić information content (AvgIpc) is 3.21. The van der Waals surface area contributed by atoms with Crippen LogP contribution in [0.3, 0.4) is 0 Å². The summed E-state index contributed by atoms with van der Waals surface area (Å²) >= 11 is 0. The summed E-state index contributed by atoms with van der Waals surface area (Å²) < 4.78 is 38.3. The number of hydrogen-bond donors (Lipinski definition) is 3. The number of aliphatic hydroxyl groups is 1. The van der Waals surface area contributed by atoms with E-state index in [-0.39, 0.29) is 44.0 Å². The number of carbonyl (C=O) groups is 4. The quantitative estimate of drug-likeness (QED) is 0.0249. The second-order valence-electron chi connectivity index (χ2n) is 18.1. The van der Waals surface area contributed by atoms with Gasteiger partial charge in [0.15, 0.2) is 0 Å². The molecule has 0 radical (unpaired) electrons. The molecule has 0 bridgehead atoms. The lowest BCUT2D eigenvalue weighted by molar-refractivity contribution is -0.159. The van der Waals surface area contributed by atoms with E-state index < -0.39 is 35.7 Å². The smallest absolute Gasteiger partial charge is 0.329 e. The van der Waals surface area contributed by atoms with Gasteiger partial charge in [-0.25, -0.2) is 4.79 Å². The standard InChI is InChI=1S/C49H86N2O12/c1-48(2,3)62-46(55)27-23-18-16-14-12-10-8-7-9-11-13-15-17-22-26-43(52)50-31-33-58-35-37-60-39-38-59-36-34-57-32-30-44(53)51-42(47(56)63-49(4,5)6)28-29-45(54)61-40-41-24-20-19-21-25-41/h19-21,24-25,42-43,50,52H,7-18,22-23,26-40H2,1-6H3,(H,51,53). The fourth-order valence-corrected chi connectivity index (χ4v) is 6.41. The number of aliphatic hydroxyl groups excluding tert-OH is 1. The molecule has 14 nitrogen and oxygen atoms in total. The van der Waals surface area contributed by atoms with E-state index in [1.54, 1.807) is 20.8 Å². The summed E-state index contributed by atoms with van der Waals surface area (Å²) in [7, 11) is 0. The topological polar surface area (TPSA) is 177 Å². The molecule has 1 aromatic rings. The summed E-state index contributed by atoms with van der Waals surface area (Å²) in [6.45, 7) is 14.6. The van der Waals surface area contributed by atoms with Crippen molar-refractivity contribution in [1.82, 2.24) is 10.6 Å².